The molecule has 84 valence electrons. The molecule has 0 saturated carbocycles. The predicted octanol–water partition coefficient (Wildman–Crippen LogP) is 4.44. The highest BCUT2D eigenvalue weighted by atomic mass is 79.9. The van der Waals surface area contributed by atoms with E-state index in [-0.39, 0.29) is 0 Å². The van der Waals surface area contributed by atoms with E-state index >= 15 is 0 Å². The van der Waals surface area contributed by atoms with Gasteiger partial charge in [0.2, 0.25) is 0 Å². The first-order valence-corrected chi connectivity index (χ1v) is 6.89. The van der Waals surface area contributed by atoms with Gasteiger partial charge < -0.3 is 4.74 Å². The van der Waals surface area contributed by atoms with Crippen LogP contribution in [0.1, 0.15) is 11.1 Å². The molecule has 0 aliphatic carbocycles. The highest BCUT2D eigenvalue weighted by Crippen LogP contribution is 2.21. The number of hydrogen-bond acceptors (Lipinski definition) is 2. The fourth-order valence-electron chi connectivity index (χ4n) is 1.43. The minimum atomic E-state index is 0.734. The molecule has 0 spiro atoms. The van der Waals surface area contributed by atoms with Gasteiger partial charge in [0.1, 0.15) is 5.75 Å². The number of ether oxygens (including phenoxy) is 1. The number of thiophene rings is 1. The van der Waals surface area contributed by atoms with Crippen molar-refractivity contribution in [2.45, 2.75) is 13.3 Å². The lowest BCUT2D eigenvalue weighted by Gasteiger charge is -2.07. The number of aryl methyl sites for hydroxylation is 1. The Kier molecular flexibility index (Phi) is 4.02. The fraction of sp³-hybridized carbons (Fsp3) is 0.231. The molecule has 0 radical (unpaired) electrons. The van der Waals surface area contributed by atoms with Gasteiger partial charge in [0.25, 0.3) is 0 Å². The van der Waals surface area contributed by atoms with E-state index in [4.69, 9.17) is 4.74 Å². The summed E-state index contributed by atoms with van der Waals surface area (Å²) < 4.78 is 6.82. The highest BCUT2D eigenvalue weighted by molar-refractivity contribution is 9.10. The van der Waals surface area contributed by atoms with Crippen molar-refractivity contribution in [3.05, 3.63) is 50.6 Å². The number of halogens is 1. The zero-order valence-electron chi connectivity index (χ0n) is 9.07. The van der Waals surface area contributed by atoms with Gasteiger partial charge in [-0.25, -0.2) is 0 Å². The summed E-state index contributed by atoms with van der Waals surface area (Å²) >= 11 is 5.20. The van der Waals surface area contributed by atoms with E-state index in [0.717, 1.165) is 23.2 Å². The van der Waals surface area contributed by atoms with Crippen molar-refractivity contribution < 1.29 is 4.74 Å². The van der Waals surface area contributed by atoms with Crippen molar-refractivity contribution in [3.63, 3.8) is 0 Å². The number of hydrogen-bond donors (Lipinski definition) is 0. The van der Waals surface area contributed by atoms with Gasteiger partial charge in [-0.3, -0.25) is 0 Å². The second-order valence-electron chi connectivity index (χ2n) is 3.64. The minimum absolute atomic E-state index is 0.734. The molecule has 0 fully saturated rings. The molecular weight excluding hydrogens is 284 g/mol. The molecule has 0 amide bonds. The Balaban J connectivity index is 1.87. The lowest BCUT2D eigenvalue weighted by molar-refractivity contribution is 0.322. The summed E-state index contributed by atoms with van der Waals surface area (Å²) in [5.41, 5.74) is 2.55. The molecule has 1 nitrogen and oxygen atoms in total. The lowest BCUT2D eigenvalue weighted by atomic mass is 10.2. The standard InChI is InChI=1S/C13H13BrOS/c1-10-8-12(2-3-13(10)14)15-6-4-11-5-7-16-9-11/h2-3,5,7-9H,4,6H2,1H3. The first kappa shape index (κ1) is 11.7. The second kappa shape index (κ2) is 5.51. The Bertz CT molecular complexity index is 451. The molecule has 0 N–H and O–H groups in total. The van der Waals surface area contributed by atoms with Crippen LogP contribution in [0.4, 0.5) is 0 Å². The molecule has 0 aliphatic heterocycles. The van der Waals surface area contributed by atoms with Crippen LogP contribution < -0.4 is 4.74 Å². The Hall–Kier alpha value is -0.800. The topological polar surface area (TPSA) is 9.23 Å². The SMILES string of the molecule is Cc1cc(OCCc2ccsc2)ccc1Br. The molecule has 3 heteroatoms. The van der Waals surface area contributed by atoms with Crippen LogP contribution in [-0.2, 0) is 6.42 Å². The van der Waals surface area contributed by atoms with Crippen molar-refractivity contribution >= 4 is 27.3 Å². The van der Waals surface area contributed by atoms with Crippen LogP contribution in [0, 0.1) is 6.92 Å². The number of benzene rings is 1. The summed E-state index contributed by atoms with van der Waals surface area (Å²) in [6.07, 6.45) is 0.971. The van der Waals surface area contributed by atoms with Crippen LogP contribution in [0.3, 0.4) is 0 Å². The molecule has 0 aliphatic rings. The largest absolute Gasteiger partial charge is 0.493 e. The van der Waals surface area contributed by atoms with Crippen LogP contribution in [-0.4, -0.2) is 6.61 Å². The van der Waals surface area contributed by atoms with Gasteiger partial charge >= 0.3 is 0 Å². The van der Waals surface area contributed by atoms with Gasteiger partial charge in [-0.05, 0) is 53.1 Å². The van der Waals surface area contributed by atoms with Gasteiger partial charge in [-0.2, -0.15) is 11.3 Å². The third-order valence-corrected chi connectivity index (χ3v) is 3.99. The van der Waals surface area contributed by atoms with Crippen LogP contribution in [0.5, 0.6) is 5.75 Å². The summed E-state index contributed by atoms with van der Waals surface area (Å²) in [5.74, 6) is 0.941. The molecule has 1 heterocycles. The summed E-state index contributed by atoms with van der Waals surface area (Å²) in [6.45, 7) is 2.80. The molecule has 2 rings (SSSR count). The maximum Gasteiger partial charge on any atom is 0.119 e. The van der Waals surface area contributed by atoms with Gasteiger partial charge in [-0.1, -0.05) is 15.9 Å². The molecule has 16 heavy (non-hydrogen) atoms. The Morgan fingerprint density at radius 3 is 2.88 bits per heavy atom. The molecule has 0 atom stereocenters. The normalized spacial score (nSPS) is 10.4. The first-order chi connectivity index (χ1) is 7.75. The van der Waals surface area contributed by atoms with E-state index in [1.54, 1.807) is 11.3 Å². The van der Waals surface area contributed by atoms with E-state index in [0.29, 0.717) is 0 Å². The zero-order valence-corrected chi connectivity index (χ0v) is 11.5. The van der Waals surface area contributed by atoms with E-state index in [1.807, 2.05) is 12.1 Å². The average molecular weight is 297 g/mol. The third-order valence-electron chi connectivity index (χ3n) is 2.37. The van der Waals surface area contributed by atoms with Crippen molar-refractivity contribution in [1.29, 1.82) is 0 Å². The van der Waals surface area contributed by atoms with E-state index in [2.05, 4.69) is 45.7 Å². The van der Waals surface area contributed by atoms with Crippen molar-refractivity contribution in [2.75, 3.05) is 6.61 Å². The zero-order chi connectivity index (χ0) is 11.4. The smallest absolute Gasteiger partial charge is 0.119 e. The van der Waals surface area contributed by atoms with E-state index < -0.39 is 0 Å². The highest BCUT2D eigenvalue weighted by Gasteiger charge is 1.99. The van der Waals surface area contributed by atoms with Crippen LogP contribution in [0.2, 0.25) is 0 Å². The second-order valence-corrected chi connectivity index (χ2v) is 5.28. The van der Waals surface area contributed by atoms with Crippen LogP contribution >= 0.6 is 27.3 Å². The molecule has 0 saturated heterocycles. The summed E-state index contributed by atoms with van der Waals surface area (Å²) in [4.78, 5) is 0. The van der Waals surface area contributed by atoms with E-state index in [9.17, 15) is 0 Å². The first-order valence-electron chi connectivity index (χ1n) is 5.16. The maximum atomic E-state index is 5.70. The molecule has 0 unspecified atom stereocenters. The van der Waals surface area contributed by atoms with Crippen LogP contribution in [0.15, 0.2) is 39.5 Å². The van der Waals surface area contributed by atoms with Gasteiger partial charge in [0.05, 0.1) is 6.61 Å². The Morgan fingerprint density at radius 2 is 2.19 bits per heavy atom. The predicted molar refractivity (Wildman–Crippen MR) is 72.4 cm³/mol. The van der Waals surface area contributed by atoms with Crippen molar-refractivity contribution in [3.8, 4) is 5.75 Å². The summed E-state index contributed by atoms with van der Waals surface area (Å²) in [5, 5.41) is 4.26. The molecule has 1 aromatic heterocycles. The molecule has 2 aromatic rings. The molecule has 1 aromatic carbocycles. The fourth-order valence-corrected chi connectivity index (χ4v) is 2.38. The van der Waals surface area contributed by atoms with Gasteiger partial charge in [-0.15, -0.1) is 0 Å². The number of rotatable bonds is 4. The monoisotopic (exact) mass is 296 g/mol. The van der Waals surface area contributed by atoms with E-state index in [1.165, 1.54) is 11.1 Å². The quantitative estimate of drug-likeness (QED) is 0.810. The molecular formula is C13H13BrOS. The Morgan fingerprint density at radius 1 is 1.31 bits per heavy atom. The van der Waals surface area contributed by atoms with Gasteiger partial charge in [0.15, 0.2) is 0 Å². The summed E-state index contributed by atoms with van der Waals surface area (Å²) in [7, 11) is 0. The Labute approximate surface area is 108 Å². The molecule has 0 bridgehead atoms. The average Bonchev–Trinajstić information content (AvgIpc) is 2.76. The summed E-state index contributed by atoms with van der Waals surface area (Å²) in [6, 6.07) is 8.21. The minimum Gasteiger partial charge on any atom is -0.493 e. The van der Waals surface area contributed by atoms with Crippen molar-refractivity contribution in [1.82, 2.24) is 0 Å². The lowest BCUT2D eigenvalue weighted by Crippen LogP contribution is -2.00. The maximum absolute atomic E-state index is 5.70. The third kappa shape index (κ3) is 3.09. The van der Waals surface area contributed by atoms with Gasteiger partial charge in [0, 0.05) is 10.9 Å². The van der Waals surface area contributed by atoms with Crippen molar-refractivity contribution in [2.24, 2.45) is 0 Å². The van der Waals surface area contributed by atoms with Crippen LogP contribution in [0.25, 0.3) is 0 Å².